The summed E-state index contributed by atoms with van der Waals surface area (Å²) in [6, 6.07) is 18.7. The van der Waals surface area contributed by atoms with Crippen molar-refractivity contribution in [3.8, 4) is 22.1 Å². The lowest BCUT2D eigenvalue weighted by Gasteiger charge is -2.13. The van der Waals surface area contributed by atoms with Gasteiger partial charge in [0.15, 0.2) is 0 Å². The van der Waals surface area contributed by atoms with Crippen LogP contribution in [0.1, 0.15) is 10.4 Å². The van der Waals surface area contributed by atoms with Crippen molar-refractivity contribution in [3.63, 3.8) is 0 Å². The number of hydrogen-bond donors (Lipinski definition) is 1. The van der Waals surface area contributed by atoms with Crippen LogP contribution in [-0.4, -0.2) is 25.1 Å². The van der Waals surface area contributed by atoms with Crippen molar-refractivity contribution in [3.05, 3.63) is 71.6 Å². The van der Waals surface area contributed by atoms with Gasteiger partial charge >= 0.3 is 0 Å². The van der Waals surface area contributed by atoms with Crippen molar-refractivity contribution >= 4 is 33.8 Å². The fourth-order valence-corrected chi connectivity index (χ4v) is 3.69. The largest absolute Gasteiger partial charge is 0.497 e. The summed E-state index contributed by atoms with van der Waals surface area (Å²) in [5.41, 5.74) is 2.69. The maximum atomic E-state index is 13.2. The molecular formula is C22H18N2O3S. The summed E-state index contributed by atoms with van der Waals surface area (Å²) in [5, 5.41) is 5.74. The van der Waals surface area contributed by atoms with Crippen molar-refractivity contribution in [2.45, 2.75) is 0 Å². The molecule has 0 atom stereocenters. The van der Waals surface area contributed by atoms with Crippen LogP contribution in [0, 0.1) is 0 Å². The van der Waals surface area contributed by atoms with Crippen LogP contribution in [0.4, 0.5) is 5.69 Å². The number of methoxy groups -OCH3 is 2. The Morgan fingerprint density at radius 3 is 2.61 bits per heavy atom. The molecule has 4 aromatic rings. The van der Waals surface area contributed by atoms with Gasteiger partial charge in [0.25, 0.3) is 5.91 Å². The molecule has 0 radical (unpaired) electrons. The van der Waals surface area contributed by atoms with Gasteiger partial charge in [-0.3, -0.25) is 4.79 Å². The second-order valence-electron chi connectivity index (χ2n) is 6.07. The minimum absolute atomic E-state index is 0.222. The zero-order chi connectivity index (χ0) is 19.5. The van der Waals surface area contributed by atoms with Gasteiger partial charge in [-0.1, -0.05) is 24.3 Å². The van der Waals surface area contributed by atoms with Gasteiger partial charge in [-0.05, 0) is 35.7 Å². The first kappa shape index (κ1) is 18.0. The smallest absolute Gasteiger partial charge is 0.256 e. The lowest BCUT2D eigenvalue weighted by atomic mass is 10.1. The van der Waals surface area contributed by atoms with Crippen LogP contribution in [0.15, 0.2) is 66.0 Å². The maximum Gasteiger partial charge on any atom is 0.256 e. The van der Waals surface area contributed by atoms with Gasteiger partial charge in [0.2, 0.25) is 0 Å². The van der Waals surface area contributed by atoms with Crippen molar-refractivity contribution < 1.29 is 14.3 Å². The molecule has 2 aromatic heterocycles. The topological polar surface area (TPSA) is 60.5 Å². The molecule has 0 saturated carbocycles. The number of ether oxygens (including phenoxy) is 2. The highest BCUT2D eigenvalue weighted by Gasteiger charge is 2.16. The van der Waals surface area contributed by atoms with Gasteiger partial charge in [0, 0.05) is 11.5 Å². The number of para-hydroxylation sites is 1. The molecule has 2 aromatic carbocycles. The van der Waals surface area contributed by atoms with E-state index in [1.807, 2.05) is 47.8 Å². The van der Waals surface area contributed by atoms with Crippen molar-refractivity contribution in [1.29, 1.82) is 0 Å². The molecule has 1 amide bonds. The van der Waals surface area contributed by atoms with Crippen molar-refractivity contribution in [2.75, 3.05) is 19.5 Å². The molecule has 0 aliphatic carbocycles. The lowest BCUT2D eigenvalue weighted by Crippen LogP contribution is -2.13. The van der Waals surface area contributed by atoms with Gasteiger partial charge < -0.3 is 14.8 Å². The summed E-state index contributed by atoms with van der Waals surface area (Å²) < 4.78 is 10.6. The molecule has 140 valence electrons. The fraction of sp³-hybridized carbons (Fsp3) is 0.0909. The Balaban J connectivity index is 1.77. The van der Waals surface area contributed by atoms with Crippen LogP contribution in [-0.2, 0) is 0 Å². The third-order valence-corrected chi connectivity index (χ3v) is 5.28. The van der Waals surface area contributed by atoms with E-state index in [1.54, 1.807) is 43.8 Å². The quantitative estimate of drug-likeness (QED) is 0.507. The van der Waals surface area contributed by atoms with Gasteiger partial charge in [0.05, 0.1) is 41.6 Å². The normalized spacial score (nSPS) is 10.6. The van der Waals surface area contributed by atoms with Crippen LogP contribution in [0.25, 0.3) is 21.5 Å². The lowest BCUT2D eigenvalue weighted by molar-refractivity contribution is 0.102. The van der Waals surface area contributed by atoms with Crippen LogP contribution in [0.2, 0.25) is 0 Å². The zero-order valence-electron chi connectivity index (χ0n) is 15.4. The summed E-state index contributed by atoms with van der Waals surface area (Å²) in [6.45, 7) is 0. The average molecular weight is 390 g/mol. The molecule has 0 saturated heterocycles. The number of hydrogen-bond acceptors (Lipinski definition) is 5. The Kier molecular flexibility index (Phi) is 4.95. The number of fused-ring (bicyclic) bond motifs is 1. The van der Waals surface area contributed by atoms with E-state index >= 15 is 0 Å². The first-order chi connectivity index (χ1) is 13.7. The summed E-state index contributed by atoms with van der Waals surface area (Å²) in [4.78, 5) is 18.9. The highest BCUT2D eigenvalue weighted by atomic mass is 32.1. The van der Waals surface area contributed by atoms with Gasteiger partial charge in [0.1, 0.15) is 11.5 Å². The molecule has 0 unspecified atom stereocenters. The Morgan fingerprint density at radius 2 is 1.86 bits per heavy atom. The number of pyridine rings is 1. The second-order valence-corrected chi connectivity index (χ2v) is 7.02. The number of nitrogens with zero attached hydrogens (tertiary/aromatic N) is 1. The molecule has 0 fully saturated rings. The second kappa shape index (κ2) is 7.70. The van der Waals surface area contributed by atoms with E-state index in [-0.39, 0.29) is 5.91 Å². The van der Waals surface area contributed by atoms with E-state index < -0.39 is 0 Å². The Bertz CT molecular complexity index is 1140. The van der Waals surface area contributed by atoms with E-state index in [9.17, 15) is 4.79 Å². The highest BCUT2D eigenvalue weighted by Crippen LogP contribution is 2.31. The van der Waals surface area contributed by atoms with Crippen molar-refractivity contribution in [1.82, 2.24) is 4.98 Å². The standard InChI is InChI=1S/C22H18N2O3S/c1-26-14-9-10-18(20(12-14)27-2)24-22(25)16-13-19(21-8-5-11-28-21)23-17-7-4-3-6-15(16)17/h3-13H,1-2H3,(H,24,25). The average Bonchev–Trinajstić information content (AvgIpc) is 3.28. The molecule has 4 rings (SSSR count). The number of amides is 1. The molecule has 2 heterocycles. The maximum absolute atomic E-state index is 13.2. The fourth-order valence-electron chi connectivity index (χ4n) is 3.01. The van der Waals surface area contributed by atoms with Crippen LogP contribution >= 0.6 is 11.3 Å². The number of carbonyl (C=O) groups excluding carboxylic acids is 1. The molecule has 5 nitrogen and oxygen atoms in total. The Labute approximate surface area is 166 Å². The van der Waals surface area contributed by atoms with E-state index in [4.69, 9.17) is 14.5 Å². The van der Waals surface area contributed by atoms with Gasteiger partial charge in [-0.2, -0.15) is 0 Å². The molecular weight excluding hydrogens is 372 g/mol. The third-order valence-electron chi connectivity index (χ3n) is 4.39. The molecule has 0 spiro atoms. The zero-order valence-corrected chi connectivity index (χ0v) is 16.2. The van der Waals surface area contributed by atoms with Crippen LogP contribution in [0.3, 0.4) is 0 Å². The highest BCUT2D eigenvalue weighted by molar-refractivity contribution is 7.13. The van der Waals surface area contributed by atoms with E-state index in [1.165, 1.54) is 0 Å². The summed E-state index contributed by atoms with van der Waals surface area (Å²) in [6.07, 6.45) is 0. The SMILES string of the molecule is COc1ccc(NC(=O)c2cc(-c3cccs3)nc3ccccc23)c(OC)c1. The number of rotatable bonds is 5. The molecule has 0 aliphatic heterocycles. The van der Waals surface area contributed by atoms with E-state index in [2.05, 4.69) is 5.32 Å². The number of benzene rings is 2. The van der Waals surface area contributed by atoms with Crippen LogP contribution < -0.4 is 14.8 Å². The molecule has 0 bridgehead atoms. The van der Waals surface area contributed by atoms with Crippen LogP contribution in [0.5, 0.6) is 11.5 Å². The predicted molar refractivity (Wildman–Crippen MR) is 113 cm³/mol. The third kappa shape index (κ3) is 3.42. The van der Waals surface area contributed by atoms with E-state index in [0.29, 0.717) is 22.7 Å². The van der Waals surface area contributed by atoms with Gasteiger partial charge in [-0.25, -0.2) is 4.98 Å². The number of anilines is 1. The summed E-state index contributed by atoms with van der Waals surface area (Å²) in [7, 11) is 3.14. The van der Waals surface area contributed by atoms with Gasteiger partial charge in [-0.15, -0.1) is 11.3 Å². The number of aromatic nitrogens is 1. The number of nitrogens with one attached hydrogen (secondary N) is 1. The minimum atomic E-state index is -0.222. The van der Waals surface area contributed by atoms with E-state index in [0.717, 1.165) is 21.5 Å². The number of thiophene rings is 1. The predicted octanol–water partition coefficient (Wildman–Crippen LogP) is 5.23. The first-order valence-corrected chi connectivity index (χ1v) is 9.54. The monoisotopic (exact) mass is 390 g/mol. The first-order valence-electron chi connectivity index (χ1n) is 8.66. The summed E-state index contributed by atoms with van der Waals surface area (Å²) >= 11 is 1.59. The molecule has 28 heavy (non-hydrogen) atoms. The Morgan fingerprint density at radius 1 is 1.00 bits per heavy atom. The minimum Gasteiger partial charge on any atom is -0.497 e. The number of carbonyl (C=O) groups is 1. The molecule has 0 aliphatic rings. The summed E-state index contributed by atoms with van der Waals surface area (Å²) in [5.74, 6) is 0.966. The molecule has 1 N–H and O–H groups in total. The Hall–Kier alpha value is -3.38. The van der Waals surface area contributed by atoms with Crippen molar-refractivity contribution in [2.24, 2.45) is 0 Å². The molecule has 6 heteroatoms.